The van der Waals surface area contributed by atoms with E-state index in [1.165, 1.54) is 12.7 Å². The lowest BCUT2D eigenvalue weighted by molar-refractivity contribution is -0.124. The van der Waals surface area contributed by atoms with Crippen molar-refractivity contribution in [2.45, 2.75) is 32.7 Å². The molecule has 17 heavy (non-hydrogen) atoms. The minimum atomic E-state index is -0.322. The lowest BCUT2D eigenvalue weighted by Gasteiger charge is -2.47. The third-order valence-corrected chi connectivity index (χ3v) is 3.98. The molecule has 3 aliphatic rings. The lowest BCUT2D eigenvalue weighted by atomic mass is 9.71. The Hall–Kier alpha value is -1.32. The van der Waals surface area contributed by atoms with Gasteiger partial charge in [-0.3, -0.25) is 4.79 Å². The van der Waals surface area contributed by atoms with Crippen molar-refractivity contribution >= 4 is 11.9 Å². The molecule has 2 aliphatic heterocycles. The molecule has 94 valence electrons. The van der Waals surface area contributed by atoms with Crippen LogP contribution < -0.4 is 0 Å². The number of ketones is 1. The number of Topliss-reactive ketones (excluding diaryl/α,β-unsaturated/α-hetero) is 1. The first kappa shape index (κ1) is 12.1. The second-order valence-electron chi connectivity index (χ2n) is 4.86. The monoisotopic (exact) mass is 237 g/mol. The molecular weight excluding hydrogens is 218 g/mol. The number of hydrogen-bond acceptors (Lipinski definition) is 3. The molecule has 0 spiro atoms. The highest BCUT2D eigenvalue weighted by atomic mass is 16.5. The van der Waals surface area contributed by atoms with Crippen LogP contribution in [0.1, 0.15) is 26.7 Å². The molecule has 1 aliphatic carbocycles. The first-order valence-electron chi connectivity index (χ1n) is 6.14. The number of carbonyl (C=O) groups excluding carboxylic acids is 2. The van der Waals surface area contributed by atoms with E-state index in [-0.39, 0.29) is 23.8 Å². The molecule has 1 saturated heterocycles. The fraction of sp³-hybridized carbons (Fsp3) is 0.692. The third-order valence-electron chi connectivity index (χ3n) is 3.98. The summed E-state index contributed by atoms with van der Waals surface area (Å²) in [7, 11) is 1.39. The van der Waals surface area contributed by atoms with Gasteiger partial charge in [0.2, 0.25) is 0 Å². The SMILES string of the molecule is CCC1=C[C@H]2[C@H](C(C)=O)C[C@@H]1CN2C(=O)OC. The van der Waals surface area contributed by atoms with Crippen molar-refractivity contribution in [2.24, 2.45) is 11.8 Å². The van der Waals surface area contributed by atoms with E-state index in [0.29, 0.717) is 12.5 Å². The fourth-order valence-electron chi connectivity index (χ4n) is 3.05. The number of hydrogen-bond donors (Lipinski definition) is 0. The van der Waals surface area contributed by atoms with Gasteiger partial charge < -0.3 is 9.64 Å². The molecule has 4 nitrogen and oxygen atoms in total. The molecular formula is C13H19NO3. The van der Waals surface area contributed by atoms with Crippen molar-refractivity contribution in [1.82, 2.24) is 4.90 Å². The molecule has 0 aromatic heterocycles. The molecule has 0 radical (unpaired) electrons. The van der Waals surface area contributed by atoms with Gasteiger partial charge in [-0.1, -0.05) is 18.6 Å². The van der Waals surface area contributed by atoms with Crippen LogP contribution in [-0.2, 0) is 9.53 Å². The van der Waals surface area contributed by atoms with Crippen LogP contribution in [0.15, 0.2) is 11.6 Å². The Balaban J connectivity index is 2.29. The molecule has 2 heterocycles. The highest BCUT2D eigenvalue weighted by Gasteiger charge is 2.44. The zero-order chi connectivity index (χ0) is 12.6. The number of ether oxygens (including phenoxy) is 1. The van der Waals surface area contributed by atoms with Crippen LogP contribution in [0.25, 0.3) is 0 Å². The predicted octanol–water partition coefficient (Wildman–Crippen LogP) is 2.00. The Bertz CT molecular complexity index is 375. The summed E-state index contributed by atoms with van der Waals surface area (Å²) in [4.78, 5) is 25.0. The zero-order valence-corrected chi connectivity index (χ0v) is 10.6. The van der Waals surface area contributed by atoms with E-state index in [1.807, 2.05) is 0 Å². The molecule has 1 amide bonds. The van der Waals surface area contributed by atoms with E-state index in [1.54, 1.807) is 11.8 Å². The molecule has 0 aromatic carbocycles. The van der Waals surface area contributed by atoms with Crippen molar-refractivity contribution in [2.75, 3.05) is 13.7 Å². The van der Waals surface area contributed by atoms with E-state index in [2.05, 4.69) is 13.0 Å². The minimum absolute atomic E-state index is 0.0526. The number of methoxy groups -OCH3 is 1. The number of carbonyl (C=O) groups is 2. The third kappa shape index (κ3) is 1.96. The standard InChI is InChI=1S/C13H19NO3/c1-4-9-6-12-11(8(2)15)5-10(9)7-14(12)13(16)17-3/h6,10-12H,4-5,7H2,1-3H3/t10-,11+,12+/m1/s1. The van der Waals surface area contributed by atoms with Crippen molar-refractivity contribution in [3.63, 3.8) is 0 Å². The Labute approximate surface area is 102 Å². The molecule has 0 aromatic rings. The van der Waals surface area contributed by atoms with Crippen molar-refractivity contribution in [3.05, 3.63) is 11.6 Å². The van der Waals surface area contributed by atoms with E-state index in [9.17, 15) is 9.59 Å². The first-order valence-corrected chi connectivity index (χ1v) is 6.14. The Morgan fingerprint density at radius 1 is 1.53 bits per heavy atom. The van der Waals surface area contributed by atoms with E-state index in [0.717, 1.165) is 12.8 Å². The number of rotatable bonds is 2. The Morgan fingerprint density at radius 2 is 2.24 bits per heavy atom. The molecule has 2 bridgehead atoms. The Morgan fingerprint density at radius 3 is 2.71 bits per heavy atom. The van der Waals surface area contributed by atoms with Gasteiger partial charge in [-0.05, 0) is 25.7 Å². The van der Waals surface area contributed by atoms with Crippen molar-refractivity contribution < 1.29 is 14.3 Å². The maximum atomic E-state index is 11.7. The average molecular weight is 237 g/mol. The molecule has 4 heteroatoms. The van der Waals surface area contributed by atoms with Gasteiger partial charge in [-0.15, -0.1) is 0 Å². The summed E-state index contributed by atoms with van der Waals surface area (Å²) in [5.41, 5.74) is 1.38. The van der Waals surface area contributed by atoms with Crippen molar-refractivity contribution in [3.8, 4) is 0 Å². The normalized spacial score (nSPS) is 31.1. The van der Waals surface area contributed by atoms with Crippen LogP contribution in [0.4, 0.5) is 4.79 Å². The van der Waals surface area contributed by atoms with Gasteiger partial charge in [0.1, 0.15) is 5.78 Å². The maximum absolute atomic E-state index is 11.7. The quantitative estimate of drug-likeness (QED) is 0.690. The topological polar surface area (TPSA) is 46.6 Å². The average Bonchev–Trinajstić information content (AvgIpc) is 2.36. The minimum Gasteiger partial charge on any atom is -0.453 e. The van der Waals surface area contributed by atoms with Crippen LogP contribution in [0.5, 0.6) is 0 Å². The van der Waals surface area contributed by atoms with E-state index < -0.39 is 0 Å². The molecule has 0 saturated carbocycles. The summed E-state index contributed by atoms with van der Waals surface area (Å²) in [5, 5.41) is 0. The lowest BCUT2D eigenvalue weighted by Crippen LogP contribution is -2.55. The van der Waals surface area contributed by atoms with Gasteiger partial charge in [0.05, 0.1) is 13.2 Å². The Kier molecular flexibility index (Phi) is 3.22. The summed E-state index contributed by atoms with van der Waals surface area (Å²) in [6, 6.07) is -0.0973. The highest BCUT2D eigenvalue weighted by molar-refractivity contribution is 5.81. The van der Waals surface area contributed by atoms with Crippen LogP contribution in [0.3, 0.4) is 0 Å². The number of nitrogens with zero attached hydrogens (tertiary/aromatic N) is 1. The molecule has 3 atom stereocenters. The molecule has 0 N–H and O–H groups in total. The van der Waals surface area contributed by atoms with Crippen LogP contribution in [0, 0.1) is 11.8 Å². The van der Waals surface area contributed by atoms with Gasteiger partial charge in [-0.2, -0.15) is 0 Å². The van der Waals surface area contributed by atoms with Crippen LogP contribution in [-0.4, -0.2) is 36.5 Å². The number of piperidine rings is 1. The predicted molar refractivity (Wildman–Crippen MR) is 63.6 cm³/mol. The fourth-order valence-corrected chi connectivity index (χ4v) is 3.05. The van der Waals surface area contributed by atoms with E-state index in [4.69, 9.17) is 4.74 Å². The van der Waals surface area contributed by atoms with Gasteiger partial charge >= 0.3 is 6.09 Å². The van der Waals surface area contributed by atoms with E-state index >= 15 is 0 Å². The van der Waals surface area contributed by atoms with Gasteiger partial charge in [-0.25, -0.2) is 4.79 Å². The second kappa shape index (κ2) is 4.51. The summed E-state index contributed by atoms with van der Waals surface area (Å²) in [6.45, 7) is 4.43. The number of fused-ring (bicyclic) bond motifs is 2. The number of amides is 1. The highest BCUT2D eigenvalue weighted by Crippen LogP contribution is 2.40. The first-order chi connectivity index (χ1) is 8.08. The summed E-state index contributed by atoms with van der Waals surface area (Å²) in [6.07, 6.45) is 3.66. The largest absolute Gasteiger partial charge is 0.453 e. The summed E-state index contributed by atoms with van der Waals surface area (Å²) >= 11 is 0. The van der Waals surface area contributed by atoms with Crippen molar-refractivity contribution in [1.29, 1.82) is 0 Å². The van der Waals surface area contributed by atoms with Gasteiger partial charge in [0, 0.05) is 12.5 Å². The van der Waals surface area contributed by atoms with Gasteiger partial charge in [0.15, 0.2) is 0 Å². The zero-order valence-electron chi connectivity index (χ0n) is 10.6. The van der Waals surface area contributed by atoms with Crippen LogP contribution in [0.2, 0.25) is 0 Å². The molecule has 1 fully saturated rings. The second-order valence-corrected chi connectivity index (χ2v) is 4.86. The summed E-state index contributed by atoms with van der Waals surface area (Å²) < 4.78 is 4.79. The van der Waals surface area contributed by atoms with Crippen LogP contribution >= 0.6 is 0 Å². The summed E-state index contributed by atoms with van der Waals surface area (Å²) in [5.74, 6) is 0.446. The van der Waals surface area contributed by atoms with Gasteiger partial charge in [0.25, 0.3) is 0 Å². The maximum Gasteiger partial charge on any atom is 0.410 e. The smallest absolute Gasteiger partial charge is 0.410 e. The molecule has 3 rings (SSSR count). The molecule has 0 unspecified atom stereocenters.